The molecule has 16 heavy (non-hydrogen) atoms. The van der Waals surface area contributed by atoms with Gasteiger partial charge in [-0.2, -0.15) is 0 Å². The SMILES string of the molecule is Clc1[c]c(Cl)c(Cc2ccccc2Cl)nc1. The molecule has 81 valence electrons. The fourth-order valence-corrected chi connectivity index (χ4v) is 1.96. The van der Waals surface area contributed by atoms with Gasteiger partial charge >= 0.3 is 0 Å². The Balaban J connectivity index is 2.31. The van der Waals surface area contributed by atoms with Crippen molar-refractivity contribution < 1.29 is 0 Å². The Labute approximate surface area is 109 Å². The van der Waals surface area contributed by atoms with E-state index in [0.717, 1.165) is 11.3 Å². The minimum absolute atomic E-state index is 0.410. The number of aromatic nitrogens is 1. The van der Waals surface area contributed by atoms with Gasteiger partial charge in [-0.25, -0.2) is 0 Å². The van der Waals surface area contributed by atoms with Crippen LogP contribution < -0.4 is 0 Å². The van der Waals surface area contributed by atoms with Crippen LogP contribution in [-0.4, -0.2) is 4.98 Å². The van der Waals surface area contributed by atoms with Gasteiger partial charge in [-0.05, 0) is 11.6 Å². The molecule has 0 N–H and O–H groups in total. The van der Waals surface area contributed by atoms with Crippen molar-refractivity contribution in [2.45, 2.75) is 6.42 Å². The molecule has 0 amide bonds. The van der Waals surface area contributed by atoms with E-state index in [1.165, 1.54) is 6.20 Å². The van der Waals surface area contributed by atoms with Gasteiger partial charge in [0.15, 0.2) is 0 Å². The van der Waals surface area contributed by atoms with Crippen molar-refractivity contribution in [3.63, 3.8) is 0 Å². The van der Waals surface area contributed by atoms with Crippen LogP contribution in [0.25, 0.3) is 0 Å². The van der Waals surface area contributed by atoms with E-state index in [2.05, 4.69) is 11.1 Å². The molecule has 0 saturated carbocycles. The molecular formula is C12H7Cl3N. The molecule has 0 atom stereocenters. The van der Waals surface area contributed by atoms with Gasteiger partial charge in [-0.15, -0.1) is 0 Å². The molecule has 0 aliphatic rings. The van der Waals surface area contributed by atoms with E-state index in [9.17, 15) is 0 Å². The average molecular weight is 272 g/mol. The Morgan fingerprint density at radius 1 is 1.12 bits per heavy atom. The fraction of sp³-hybridized carbons (Fsp3) is 0.0833. The molecule has 0 bridgehead atoms. The zero-order chi connectivity index (χ0) is 11.5. The van der Waals surface area contributed by atoms with Gasteiger partial charge < -0.3 is 0 Å². The summed E-state index contributed by atoms with van der Waals surface area (Å²) in [5.41, 5.74) is 1.70. The van der Waals surface area contributed by atoms with Gasteiger partial charge in [0.25, 0.3) is 0 Å². The lowest BCUT2D eigenvalue weighted by Gasteiger charge is -2.05. The van der Waals surface area contributed by atoms with Crippen LogP contribution in [0.1, 0.15) is 11.3 Å². The highest BCUT2D eigenvalue weighted by atomic mass is 35.5. The normalized spacial score (nSPS) is 10.4. The van der Waals surface area contributed by atoms with E-state index in [-0.39, 0.29) is 0 Å². The van der Waals surface area contributed by atoms with Crippen LogP contribution in [-0.2, 0) is 6.42 Å². The molecule has 1 heterocycles. The Morgan fingerprint density at radius 2 is 1.88 bits per heavy atom. The first-order valence-corrected chi connectivity index (χ1v) is 5.76. The van der Waals surface area contributed by atoms with Gasteiger partial charge in [0.2, 0.25) is 0 Å². The van der Waals surface area contributed by atoms with Crippen molar-refractivity contribution in [2.24, 2.45) is 0 Å². The monoisotopic (exact) mass is 270 g/mol. The average Bonchev–Trinajstić information content (AvgIpc) is 2.25. The summed E-state index contributed by atoms with van der Waals surface area (Å²) in [5, 5.41) is 1.55. The van der Waals surface area contributed by atoms with Crippen molar-refractivity contribution in [1.82, 2.24) is 4.98 Å². The van der Waals surface area contributed by atoms with Gasteiger partial charge in [-0.3, -0.25) is 4.98 Å². The van der Waals surface area contributed by atoms with E-state index in [1.807, 2.05) is 24.3 Å². The van der Waals surface area contributed by atoms with Crippen LogP contribution >= 0.6 is 34.8 Å². The van der Waals surface area contributed by atoms with Crippen LogP contribution in [0.4, 0.5) is 0 Å². The van der Waals surface area contributed by atoms with E-state index in [0.29, 0.717) is 21.5 Å². The van der Waals surface area contributed by atoms with Crippen molar-refractivity contribution in [1.29, 1.82) is 0 Å². The summed E-state index contributed by atoms with van der Waals surface area (Å²) in [4.78, 5) is 4.16. The minimum atomic E-state index is 0.410. The lowest BCUT2D eigenvalue weighted by Crippen LogP contribution is -1.94. The molecule has 2 rings (SSSR count). The minimum Gasteiger partial charge on any atom is -0.258 e. The smallest absolute Gasteiger partial charge is 0.0719 e. The Hall–Kier alpha value is -0.760. The van der Waals surface area contributed by atoms with E-state index in [4.69, 9.17) is 34.8 Å². The molecule has 2 aromatic rings. The molecule has 1 aromatic carbocycles. The maximum atomic E-state index is 6.05. The highest BCUT2D eigenvalue weighted by Crippen LogP contribution is 2.23. The second-order valence-electron chi connectivity index (χ2n) is 3.26. The second-order valence-corrected chi connectivity index (χ2v) is 4.45. The molecule has 1 aromatic heterocycles. The molecule has 0 fully saturated rings. The number of hydrogen-bond donors (Lipinski definition) is 0. The van der Waals surface area contributed by atoms with Crippen LogP contribution in [0.3, 0.4) is 0 Å². The number of halogens is 3. The third-order valence-electron chi connectivity index (χ3n) is 2.13. The summed E-state index contributed by atoms with van der Waals surface area (Å²) in [6, 6.07) is 10.4. The van der Waals surface area contributed by atoms with Crippen LogP contribution in [0.2, 0.25) is 15.1 Å². The molecule has 0 unspecified atom stereocenters. The molecule has 0 aliphatic heterocycles. The van der Waals surface area contributed by atoms with Gasteiger partial charge in [-0.1, -0.05) is 53.0 Å². The largest absolute Gasteiger partial charge is 0.258 e. The van der Waals surface area contributed by atoms with Crippen molar-refractivity contribution in [2.75, 3.05) is 0 Å². The molecule has 0 saturated heterocycles. The first-order chi connectivity index (χ1) is 7.66. The Bertz CT molecular complexity index is 511. The van der Waals surface area contributed by atoms with Crippen LogP contribution in [0, 0.1) is 6.07 Å². The van der Waals surface area contributed by atoms with E-state index < -0.39 is 0 Å². The highest BCUT2D eigenvalue weighted by Gasteiger charge is 2.06. The molecule has 0 spiro atoms. The van der Waals surface area contributed by atoms with E-state index >= 15 is 0 Å². The van der Waals surface area contributed by atoms with Crippen LogP contribution in [0.5, 0.6) is 0 Å². The third kappa shape index (κ3) is 2.67. The standard InChI is InChI=1S/C12H7Cl3N/c13-9-6-11(15)12(16-7-9)5-8-3-1-2-4-10(8)14/h1-4,7H,5H2. The zero-order valence-corrected chi connectivity index (χ0v) is 10.4. The van der Waals surface area contributed by atoms with E-state index in [1.54, 1.807) is 0 Å². The van der Waals surface area contributed by atoms with Crippen LogP contribution in [0.15, 0.2) is 30.5 Å². The summed E-state index contributed by atoms with van der Waals surface area (Å²) in [6.07, 6.45) is 2.10. The van der Waals surface area contributed by atoms with Crippen molar-refractivity contribution >= 4 is 34.8 Å². The summed E-state index contributed by atoms with van der Waals surface area (Å²) >= 11 is 17.8. The summed E-state index contributed by atoms with van der Waals surface area (Å²) in [6.45, 7) is 0. The maximum absolute atomic E-state index is 6.05. The highest BCUT2D eigenvalue weighted by molar-refractivity contribution is 6.34. The van der Waals surface area contributed by atoms with Gasteiger partial charge in [0.05, 0.1) is 15.7 Å². The van der Waals surface area contributed by atoms with Crippen molar-refractivity contribution in [3.8, 4) is 0 Å². The Kier molecular flexibility index (Phi) is 3.70. The second kappa shape index (κ2) is 5.05. The fourth-order valence-electron chi connectivity index (χ4n) is 1.35. The molecule has 0 aliphatic carbocycles. The Morgan fingerprint density at radius 3 is 2.56 bits per heavy atom. The number of hydrogen-bond acceptors (Lipinski definition) is 1. The first-order valence-electron chi connectivity index (χ1n) is 4.62. The number of rotatable bonds is 2. The van der Waals surface area contributed by atoms with Gasteiger partial charge in [0, 0.05) is 23.7 Å². The predicted octanol–water partition coefficient (Wildman–Crippen LogP) is 4.43. The molecule has 1 nitrogen and oxygen atoms in total. The topological polar surface area (TPSA) is 12.9 Å². The van der Waals surface area contributed by atoms with Gasteiger partial charge in [0.1, 0.15) is 0 Å². The third-order valence-corrected chi connectivity index (χ3v) is 3.01. The zero-order valence-electron chi connectivity index (χ0n) is 8.17. The number of benzene rings is 1. The quantitative estimate of drug-likeness (QED) is 0.787. The summed E-state index contributed by atoms with van der Waals surface area (Å²) in [7, 11) is 0. The molecular weight excluding hydrogens is 264 g/mol. The molecule has 1 radical (unpaired) electrons. The summed E-state index contributed by atoms with van der Waals surface area (Å²) < 4.78 is 0. The predicted molar refractivity (Wildman–Crippen MR) is 67.4 cm³/mol. The lowest BCUT2D eigenvalue weighted by molar-refractivity contribution is 1.07. The maximum Gasteiger partial charge on any atom is 0.0719 e. The lowest BCUT2D eigenvalue weighted by atomic mass is 10.1. The number of pyridine rings is 1. The first kappa shape index (κ1) is 11.7. The number of nitrogens with zero attached hydrogens (tertiary/aromatic N) is 1. The summed E-state index contributed by atoms with van der Waals surface area (Å²) in [5.74, 6) is 0. The molecule has 4 heteroatoms. The van der Waals surface area contributed by atoms with Crippen molar-refractivity contribution in [3.05, 3.63) is 62.9 Å².